The third kappa shape index (κ3) is 3.51. The fourth-order valence-electron chi connectivity index (χ4n) is 2.32. The molecule has 0 fully saturated rings. The number of aliphatic hydroxyl groups is 1. The fraction of sp³-hybridized carbons (Fsp3) is 0.412. The van der Waals surface area contributed by atoms with E-state index in [1.165, 1.54) is 14.0 Å². The molecule has 0 aliphatic heterocycles. The molecule has 1 aromatic heterocycles. The van der Waals surface area contributed by atoms with Crippen molar-refractivity contribution in [1.82, 2.24) is 10.5 Å². The molecule has 0 bridgehead atoms. The van der Waals surface area contributed by atoms with Gasteiger partial charge in [0.05, 0.1) is 14.2 Å². The van der Waals surface area contributed by atoms with E-state index < -0.39 is 6.10 Å². The number of methoxy groups -OCH3 is 2. The van der Waals surface area contributed by atoms with Crippen LogP contribution in [0.2, 0.25) is 0 Å². The van der Waals surface area contributed by atoms with Gasteiger partial charge in [-0.1, -0.05) is 5.16 Å². The first-order chi connectivity index (χ1) is 11.4. The second kappa shape index (κ2) is 7.35. The van der Waals surface area contributed by atoms with Gasteiger partial charge in [-0.25, -0.2) is 0 Å². The Bertz CT molecular complexity index is 722. The Morgan fingerprint density at radius 3 is 2.42 bits per heavy atom. The molecule has 0 radical (unpaired) electrons. The molecule has 7 heteroatoms. The number of ether oxygens (including phenoxy) is 2. The highest BCUT2D eigenvalue weighted by molar-refractivity contribution is 6.01. The van der Waals surface area contributed by atoms with Gasteiger partial charge in [0, 0.05) is 11.6 Å². The number of nitrogens with one attached hydrogen (secondary N) is 1. The number of amides is 1. The van der Waals surface area contributed by atoms with E-state index in [1.807, 2.05) is 13.8 Å². The number of benzene rings is 1. The van der Waals surface area contributed by atoms with Crippen molar-refractivity contribution in [2.24, 2.45) is 0 Å². The number of rotatable bonds is 6. The van der Waals surface area contributed by atoms with E-state index in [9.17, 15) is 9.90 Å². The second-order valence-corrected chi connectivity index (χ2v) is 5.64. The van der Waals surface area contributed by atoms with E-state index in [2.05, 4.69) is 10.5 Å². The number of nitrogens with zero attached hydrogens (tertiary/aromatic N) is 1. The van der Waals surface area contributed by atoms with E-state index in [4.69, 9.17) is 14.0 Å². The molecule has 1 amide bonds. The minimum absolute atomic E-state index is 0.0625. The van der Waals surface area contributed by atoms with Crippen LogP contribution < -0.4 is 14.8 Å². The Balaban J connectivity index is 2.56. The average Bonchev–Trinajstić information content (AvgIpc) is 2.98. The van der Waals surface area contributed by atoms with E-state index in [0.29, 0.717) is 22.8 Å². The summed E-state index contributed by atoms with van der Waals surface area (Å²) in [7, 11) is 3.07. The van der Waals surface area contributed by atoms with Crippen molar-refractivity contribution < 1.29 is 23.9 Å². The van der Waals surface area contributed by atoms with E-state index in [-0.39, 0.29) is 23.3 Å². The molecule has 0 aliphatic carbocycles. The number of hydrogen-bond donors (Lipinski definition) is 2. The summed E-state index contributed by atoms with van der Waals surface area (Å²) in [5.74, 6) is 0.838. The van der Waals surface area contributed by atoms with Gasteiger partial charge in [0.15, 0.2) is 17.3 Å². The molecule has 24 heavy (non-hydrogen) atoms. The summed E-state index contributed by atoms with van der Waals surface area (Å²) in [6.07, 6.45) is -0.959. The van der Waals surface area contributed by atoms with E-state index in [0.717, 1.165) is 0 Å². The van der Waals surface area contributed by atoms with Gasteiger partial charge in [0.1, 0.15) is 17.4 Å². The van der Waals surface area contributed by atoms with Gasteiger partial charge in [0.2, 0.25) is 0 Å². The van der Waals surface area contributed by atoms with Crippen molar-refractivity contribution in [3.05, 3.63) is 29.5 Å². The Morgan fingerprint density at radius 1 is 1.21 bits per heavy atom. The van der Waals surface area contributed by atoms with Crippen LogP contribution in [0, 0.1) is 0 Å². The number of carbonyl (C=O) groups excluding carboxylic acids is 1. The van der Waals surface area contributed by atoms with Crippen LogP contribution in [-0.4, -0.2) is 36.4 Å². The maximum Gasteiger partial charge on any atom is 0.257 e. The molecule has 1 heterocycles. The van der Waals surface area contributed by atoms with Crippen LogP contribution in [0.1, 0.15) is 43.0 Å². The molecule has 0 saturated heterocycles. The first kappa shape index (κ1) is 17.8. The minimum Gasteiger partial charge on any atom is -0.493 e. The normalized spacial score (nSPS) is 12.1. The van der Waals surface area contributed by atoms with Gasteiger partial charge >= 0.3 is 0 Å². The van der Waals surface area contributed by atoms with Crippen molar-refractivity contribution in [2.45, 2.75) is 32.9 Å². The van der Waals surface area contributed by atoms with Crippen molar-refractivity contribution in [3.8, 4) is 22.8 Å². The van der Waals surface area contributed by atoms with Crippen molar-refractivity contribution >= 4 is 5.91 Å². The molecule has 7 nitrogen and oxygen atoms in total. The lowest BCUT2D eigenvalue weighted by Crippen LogP contribution is -2.31. The molecular formula is C17H22N2O5. The largest absolute Gasteiger partial charge is 0.493 e. The van der Waals surface area contributed by atoms with Gasteiger partial charge in [-0.2, -0.15) is 0 Å². The zero-order valence-corrected chi connectivity index (χ0v) is 14.4. The molecule has 2 aromatic rings. The standard InChI is InChI=1S/C17H22N2O5/c1-9(2)18-17(21)14-15(19-24-16(14)10(3)20)11-6-7-12(22-4)13(8-11)23-5/h6-10,20H,1-5H3,(H,18,21). The smallest absolute Gasteiger partial charge is 0.257 e. The third-order valence-electron chi connectivity index (χ3n) is 3.40. The monoisotopic (exact) mass is 334 g/mol. The quantitative estimate of drug-likeness (QED) is 0.843. The van der Waals surface area contributed by atoms with Crippen molar-refractivity contribution in [1.29, 1.82) is 0 Å². The van der Waals surface area contributed by atoms with Gasteiger partial charge < -0.3 is 24.4 Å². The van der Waals surface area contributed by atoms with Crippen LogP contribution in [0.4, 0.5) is 0 Å². The summed E-state index contributed by atoms with van der Waals surface area (Å²) in [6, 6.07) is 5.11. The molecule has 0 spiro atoms. The maximum atomic E-state index is 12.5. The Kier molecular flexibility index (Phi) is 5.46. The number of aliphatic hydroxyl groups excluding tert-OH is 1. The number of carbonyl (C=O) groups is 1. The SMILES string of the molecule is COc1ccc(-c2noc(C(C)O)c2C(=O)NC(C)C)cc1OC. The zero-order valence-electron chi connectivity index (χ0n) is 14.4. The molecule has 1 unspecified atom stereocenters. The Hall–Kier alpha value is -2.54. The lowest BCUT2D eigenvalue weighted by molar-refractivity contribution is 0.0930. The Labute approximate surface area is 140 Å². The summed E-state index contributed by atoms with van der Waals surface area (Å²) in [5, 5.41) is 16.6. The molecule has 0 aliphatic rings. The second-order valence-electron chi connectivity index (χ2n) is 5.64. The lowest BCUT2D eigenvalue weighted by atomic mass is 10.0. The van der Waals surface area contributed by atoms with Gasteiger partial charge in [0.25, 0.3) is 5.91 Å². The molecule has 2 rings (SSSR count). The highest BCUT2D eigenvalue weighted by atomic mass is 16.5. The molecular weight excluding hydrogens is 312 g/mol. The molecule has 1 aromatic carbocycles. The predicted octanol–water partition coefficient (Wildman–Crippen LogP) is 2.55. The highest BCUT2D eigenvalue weighted by Crippen LogP contribution is 2.35. The average molecular weight is 334 g/mol. The minimum atomic E-state index is -0.959. The van der Waals surface area contributed by atoms with Gasteiger partial charge in [-0.3, -0.25) is 4.79 Å². The van der Waals surface area contributed by atoms with Gasteiger partial charge in [-0.05, 0) is 39.0 Å². The van der Waals surface area contributed by atoms with Crippen LogP contribution >= 0.6 is 0 Å². The molecule has 0 saturated carbocycles. The summed E-state index contributed by atoms with van der Waals surface area (Å²) in [5.41, 5.74) is 1.17. The van der Waals surface area contributed by atoms with Crippen LogP contribution in [0.25, 0.3) is 11.3 Å². The van der Waals surface area contributed by atoms with Crippen LogP contribution in [-0.2, 0) is 0 Å². The van der Waals surface area contributed by atoms with E-state index in [1.54, 1.807) is 25.3 Å². The molecule has 130 valence electrons. The van der Waals surface area contributed by atoms with Crippen LogP contribution in [0.3, 0.4) is 0 Å². The maximum absolute atomic E-state index is 12.5. The summed E-state index contributed by atoms with van der Waals surface area (Å²) < 4.78 is 15.7. The first-order valence-corrected chi connectivity index (χ1v) is 7.59. The van der Waals surface area contributed by atoms with Gasteiger partial charge in [-0.15, -0.1) is 0 Å². The summed E-state index contributed by atoms with van der Waals surface area (Å²) >= 11 is 0. The fourth-order valence-corrected chi connectivity index (χ4v) is 2.32. The summed E-state index contributed by atoms with van der Waals surface area (Å²) in [6.45, 7) is 5.22. The van der Waals surface area contributed by atoms with Crippen LogP contribution in [0.15, 0.2) is 22.7 Å². The third-order valence-corrected chi connectivity index (χ3v) is 3.40. The zero-order chi connectivity index (χ0) is 17.9. The first-order valence-electron chi connectivity index (χ1n) is 7.59. The number of aromatic nitrogens is 1. The van der Waals surface area contributed by atoms with E-state index >= 15 is 0 Å². The Morgan fingerprint density at radius 2 is 1.88 bits per heavy atom. The lowest BCUT2D eigenvalue weighted by Gasteiger charge is -2.11. The molecule has 1 atom stereocenters. The summed E-state index contributed by atoms with van der Waals surface area (Å²) in [4.78, 5) is 12.5. The topological polar surface area (TPSA) is 93.8 Å². The van der Waals surface area contributed by atoms with Crippen molar-refractivity contribution in [2.75, 3.05) is 14.2 Å². The number of hydrogen-bond acceptors (Lipinski definition) is 6. The molecule has 2 N–H and O–H groups in total. The van der Waals surface area contributed by atoms with Crippen LogP contribution in [0.5, 0.6) is 11.5 Å². The predicted molar refractivity (Wildman–Crippen MR) is 88.3 cm³/mol. The van der Waals surface area contributed by atoms with Crippen molar-refractivity contribution in [3.63, 3.8) is 0 Å². The highest BCUT2D eigenvalue weighted by Gasteiger charge is 2.27.